The van der Waals surface area contributed by atoms with Crippen molar-refractivity contribution in [1.29, 1.82) is 0 Å². The van der Waals surface area contributed by atoms with Crippen molar-refractivity contribution in [3.05, 3.63) is 0 Å². The lowest BCUT2D eigenvalue weighted by atomic mass is 10.1. The topological polar surface area (TPSA) is 41.1 Å². The largest absolute Gasteiger partial charge is 0.327 e. The molecule has 0 aromatic carbocycles. The zero-order chi connectivity index (χ0) is 10.3. The van der Waals surface area contributed by atoms with Gasteiger partial charge in [0.05, 0.1) is 12.6 Å². The van der Waals surface area contributed by atoms with E-state index in [4.69, 9.17) is 12.8 Å². The van der Waals surface area contributed by atoms with Gasteiger partial charge in [0, 0.05) is 0 Å². The summed E-state index contributed by atoms with van der Waals surface area (Å²) < 4.78 is 0. The number of rotatable bonds is 3. The molecule has 0 rings (SSSR count). The highest BCUT2D eigenvalue weighted by molar-refractivity contribution is 5.74. The summed E-state index contributed by atoms with van der Waals surface area (Å²) in [5.41, 5.74) is 0. The second-order valence-electron chi connectivity index (χ2n) is 2.92. The Morgan fingerprint density at radius 2 is 2.08 bits per heavy atom. The number of amides is 2. The van der Waals surface area contributed by atoms with E-state index in [1.807, 2.05) is 13.8 Å². The van der Waals surface area contributed by atoms with E-state index in [2.05, 4.69) is 22.5 Å². The van der Waals surface area contributed by atoms with Gasteiger partial charge in [0.2, 0.25) is 0 Å². The van der Waals surface area contributed by atoms with Gasteiger partial charge in [-0.05, 0) is 5.92 Å². The monoisotopic (exact) mass is 178 g/mol. The van der Waals surface area contributed by atoms with Crippen LogP contribution in [-0.2, 0) is 0 Å². The molecule has 3 nitrogen and oxygen atoms in total. The first-order chi connectivity index (χ1) is 6.11. The third kappa shape index (κ3) is 4.76. The number of carbonyl (C=O) groups is 1. The molecular formula is C10H14N2O. The van der Waals surface area contributed by atoms with Gasteiger partial charge in [-0.2, -0.15) is 0 Å². The Bertz CT molecular complexity index is 245. The molecule has 1 atom stereocenters. The van der Waals surface area contributed by atoms with Crippen molar-refractivity contribution in [2.45, 2.75) is 19.9 Å². The van der Waals surface area contributed by atoms with Crippen LogP contribution in [0.25, 0.3) is 0 Å². The SMILES string of the molecule is C#CCNC(=O)NC(C#C)C(C)C. The predicted molar refractivity (Wildman–Crippen MR) is 52.8 cm³/mol. The highest BCUT2D eigenvalue weighted by atomic mass is 16.2. The summed E-state index contributed by atoms with van der Waals surface area (Å²) in [6.45, 7) is 4.08. The maximum Gasteiger partial charge on any atom is 0.316 e. The van der Waals surface area contributed by atoms with E-state index in [-0.39, 0.29) is 24.5 Å². The number of urea groups is 1. The first kappa shape index (κ1) is 11.4. The van der Waals surface area contributed by atoms with Crippen LogP contribution in [0.15, 0.2) is 0 Å². The summed E-state index contributed by atoms with van der Waals surface area (Å²) in [5.74, 6) is 4.99. The van der Waals surface area contributed by atoms with Crippen LogP contribution >= 0.6 is 0 Å². The summed E-state index contributed by atoms with van der Waals surface area (Å²) in [4.78, 5) is 11.1. The van der Waals surface area contributed by atoms with Crippen LogP contribution in [0.3, 0.4) is 0 Å². The van der Waals surface area contributed by atoms with E-state index in [9.17, 15) is 4.79 Å². The van der Waals surface area contributed by atoms with E-state index in [0.717, 1.165) is 0 Å². The fourth-order valence-corrected chi connectivity index (χ4v) is 0.724. The molecule has 70 valence electrons. The zero-order valence-electron chi connectivity index (χ0n) is 7.92. The third-order valence-corrected chi connectivity index (χ3v) is 1.48. The number of terminal acetylenes is 2. The fraction of sp³-hybridized carbons (Fsp3) is 0.500. The molecule has 0 saturated heterocycles. The number of nitrogens with one attached hydrogen (secondary N) is 2. The first-order valence-corrected chi connectivity index (χ1v) is 4.05. The summed E-state index contributed by atoms with van der Waals surface area (Å²) in [6.07, 6.45) is 10.2. The minimum Gasteiger partial charge on any atom is -0.327 e. The van der Waals surface area contributed by atoms with Gasteiger partial charge < -0.3 is 10.6 Å². The minimum absolute atomic E-state index is 0.210. The molecule has 0 saturated carbocycles. The normalized spacial score (nSPS) is 11.2. The maximum absolute atomic E-state index is 11.1. The van der Waals surface area contributed by atoms with Crippen LogP contribution in [0.5, 0.6) is 0 Å². The average Bonchev–Trinajstić information content (AvgIpc) is 2.10. The molecule has 0 heterocycles. The summed E-state index contributed by atoms with van der Waals surface area (Å²) >= 11 is 0. The molecular weight excluding hydrogens is 164 g/mol. The smallest absolute Gasteiger partial charge is 0.316 e. The third-order valence-electron chi connectivity index (χ3n) is 1.48. The molecule has 0 aliphatic rings. The lowest BCUT2D eigenvalue weighted by molar-refractivity contribution is 0.238. The van der Waals surface area contributed by atoms with Gasteiger partial charge >= 0.3 is 6.03 Å². The Labute approximate surface area is 79.3 Å². The van der Waals surface area contributed by atoms with Gasteiger partial charge in [0.1, 0.15) is 0 Å². The van der Waals surface area contributed by atoms with E-state index in [0.29, 0.717) is 0 Å². The summed E-state index contributed by atoms with van der Waals surface area (Å²) in [7, 11) is 0. The van der Waals surface area contributed by atoms with Crippen molar-refractivity contribution >= 4 is 6.03 Å². The van der Waals surface area contributed by atoms with Crippen molar-refractivity contribution in [1.82, 2.24) is 10.6 Å². The van der Waals surface area contributed by atoms with Gasteiger partial charge in [-0.15, -0.1) is 12.8 Å². The first-order valence-electron chi connectivity index (χ1n) is 4.05. The highest BCUT2D eigenvalue weighted by Gasteiger charge is 2.11. The molecule has 0 aromatic rings. The molecule has 0 spiro atoms. The van der Waals surface area contributed by atoms with E-state index >= 15 is 0 Å². The second-order valence-corrected chi connectivity index (χ2v) is 2.92. The van der Waals surface area contributed by atoms with E-state index in [1.54, 1.807) is 0 Å². The zero-order valence-corrected chi connectivity index (χ0v) is 7.92. The van der Waals surface area contributed by atoms with Crippen LogP contribution in [0, 0.1) is 30.6 Å². The predicted octanol–water partition coefficient (Wildman–Crippen LogP) is 0.577. The molecule has 0 aromatic heterocycles. The number of hydrogen-bond acceptors (Lipinski definition) is 1. The van der Waals surface area contributed by atoms with E-state index < -0.39 is 0 Å². The molecule has 0 aliphatic carbocycles. The Morgan fingerprint density at radius 1 is 1.46 bits per heavy atom. The molecule has 0 fully saturated rings. The van der Waals surface area contributed by atoms with Crippen molar-refractivity contribution in [2.24, 2.45) is 5.92 Å². The van der Waals surface area contributed by atoms with Crippen LogP contribution in [-0.4, -0.2) is 18.6 Å². The molecule has 3 heteroatoms. The molecule has 0 radical (unpaired) electrons. The lowest BCUT2D eigenvalue weighted by Crippen LogP contribution is -2.43. The number of hydrogen-bond donors (Lipinski definition) is 2. The Morgan fingerprint density at radius 3 is 2.46 bits per heavy atom. The summed E-state index contributed by atoms with van der Waals surface area (Å²) in [5, 5.41) is 5.09. The van der Waals surface area contributed by atoms with Crippen LogP contribution in [0.4, 0.5) is 4.79 Å². The van der Waals surface area contributed by atoms with Crippen LogP contribution in [0.2, 0.25) is 0 Å². The van der Waals surface area contributed by atoms with Crippen molar-refractivity contribution in [3.63, 3.8) is 0 Å². The molecule has 13 heavy (non-hydrogen) atoms. The molecule has 0 bridgehead atoms. The van der Waals surface area contributed by atoms with Crippen LogP contribution in [0.1, 0.15) is 13.8 Å². The van der Waals surface area contributed by atoms with Gasteiger partial charge in [-0.3, -0.25) is 0 Å². The standard InChI is InChI=1S/C10H14N2O/c1-5-7-11-10(13)12-9(6-2)8(3)4/h1-2,8-9H,7H2,3-4H3,(H2,11,12,13). The Balaban J connectivity index is 3.91. The van der Waals surface area contributed by atoms with Gasteiger partial charge in [0.25, 0.3) is 0 Å². The molecule has 0 aliphatic heterocycles. The molecule has 1 unspecified atom stereocenters. The van der Waals surface area contributed by atoms with Crippen molar-refractivity contribution in [3.8, 4) is 24.7 Å². The number of carbonyl (C=O) groups excluding carboxylic acids is 1. The molecule has 2 N–H and O–H groups in total. The minimum atomic E-state index is -0.324. The van der Waals surface area contributed by atoms with Crippen molar-refractivity contribution < 1.29 is 4.79 Å². The molecule has 2 amide bonds. The maximum atomic E-state index is 11.1. The summed E-state index contributed by atoms with van der Waals surface area (Å²) in [6, 6.07) is -0.577. The van der Waals surface area contributed by atoms with E-state index in [1.165, 1.54) is 0 Å². The average molecular weight is 178 g/mol. The second kappa shape index (κ2) is 5.97. The Kier molecular flexibility index (Phi) is 5.23. The highest BCUT2D eigenvalue weighted by Crippen LogP contribution is 1.98. The van der Waals surface area contributed by atoms with Gasteiger partial charge in [-0.25, -0.2) is 4.79 Å². The van der Waals surface area contributed by atoms with Gasteiger partial charge in [-0.1, -0.05) is 25.7 Å². The fourth-order valence-electron chi connectivity index (χ4n) is 0.724. The van der Waals surface area contributed by atoms with Crippen molar-refractivity contribution in [2.75, 3.05) is 6.54 Å². The Hall–Kier alpha value is -1.61. The van der Waals surface area contributed by atoms with Gasteiger partial charge in [0.15, 0.2) is 0 Å². The van der Waals surface area contributed by atoms with Crippen LogP contribution < -0.4 is 10.6 Å². The quantitative estimate of drug-likeness (QED) is 0.610. The lowest BCUT2D eigenvalue weighted by Gasteiger charge is -2.16.